The highest BCUT2D eigenvalue weighted by atomic mass is 16.5. The highest BCUT2D eigenvalue weighted by Gasteiger charge is 2.42. The van der Waals surface area contributed by atoms with Crippen molar-refractivity contribution in [2.75, 3.05) is 0 Å². The number of hydrogen-bond acceptors (Lipinski definition) is 2. The van der Waals surface area contributed by atoms with Crippen LogP contribution in [-0.4, -0.2) is 12.1 Å². The molecule has 29 heavy (non-hydrogen) atoms. The lowest BCUT2D eigenvalue weighted by Gasteiger charge is -2.44. The molecule has 0 N–H and O–H groups in total. The van der Waals surface area contributed by atoms with Crippen LogP contribution in [0.5, 0.6) is 0 Å². The van der Waals surface area contributed by atoms with Crippen molar-refractivity contribution in [1.82, 2.24) is 0 Å². The third-order valence-corrected chi connectivity index (χ3v) is 6.73. The second-order valence-corrected chi connectivity index (χ2v) is 9.08. The Morgan fingerprint density at radius 3 is 2.38 bits per heavy atom. The molecule has 3 atom stereocenters. The summed E-state index contributed by atoms with van der Waals surface area (Å²) in [6.07, 6.45) is 3.11. The minimum Gasteiger partial charge on any atom is -0.458 e. The van der Waals surface area contributed by atoms with Crippen molar-refractivity contribution < 1.29 is 9.53 Å². The molecule has 0 unspecified atom stereocenters. The van der Waals surface area contributed by atoms with Crippen LogP contribution in [0.1, 0.15) is 56.0 Å². The highest BCUT2D eigenvalue weighted by Crippen LogP contribution is 2.45. The summed E-state index contributed by atoms with van der Waals surface area (Å²) in [7, 11) is 0. The quantitative estimate of drug-likeness (QED) is 0.462. The van der Waals surface area contributed by atoms with E-state index in [9.17, 15) is 4.79 Å². The van der Waals surface area contributed by atoms with Gasteiger partial charge in [-0.1, -0.05) is 87.9 Å². The third kappa shape index (κ3) is 3.94. The predicted octanol–water partition coefficient (Wildman–Crippen LogP) is 6.78. The molecule has 0 heterocycles. The Morgan fingerprint density at radius 2 is 1.59 bits per heavy atom. The maximum absolute atomic E-state index is 12.8. The van der Waals surface area contributed by atoms with Gasteiger partial charge in [0, 0.05) is 5.92 Å². The highest BCUT2D eigenvalue weighted by molar-refractivity contribution is 5.89. The predicted molar refractivity (Wildman–Crippen MR) is 119 cm³/mol. The van der Waals surface area contributed by atoms with Crippen molar-refractivity contribution in [3.05, 3.63) is 83.9 Å². The Balaban J connectivity index is 1.67. The van der Waals surface area contributed by atoms with Gasteiger partial charge in [-0.2, -0.15) is 0 Å². The molecule has 2 heteroatoms. The summed E-state index contributed by atoms with van der Waals surface area (Å²) in [5.74, 6) is 0.656. The Bertz CT molecular complexity index is 984. The van der Waals surface area contributed by atoms with Crippen LogP contribution in [0.3, 0.4) is 0 Å². The van der Waals surface area contributed by atoms with E-state index in [1.165, 1.54) is 22.8 Å². The lowest BCUT2D eigenvalue weighted by molar-refractivity contribution is -0.0234. The van der Waals surface area contributed by atoms with Crippen LogP contribution in [0.2, 0.25) is 0 Å². The number of carbonyl (C=O) groups is 1. The summed E-state index contributed by atoms with van der Waals surface area (Å²) in [5.41, 5.74) is 1.88. The average Bonchev–Trinajstić information content (AvgIpc) is 2.74. The van der Waals surface area contributed by atoms with Gasteiger partial charge in [0.05, 0.1) is 5.56 Å². The van der Waals surface area contributed by atoms with E-state index in [0.717, 1.165) is 12.8 Å². The summed E-state index contributed by atoms with van der Waals surface area (Å²) in [6.45, 7) is 6.90. The van der Waals surface area contributed by atoms with Gasteiger partial charge in [-0.3, -0.25) is 0 Å². The van der Waals surface area contributed by atoms with E-state index in [0.29, 0.717) is 11.5 Å². The van der Waals surface area contributed by atoms with Gasteiger partial charge in [-0.15, -0.1) is 0 Å². The molecular formula is C27H30O2. The molecule has 3 aromatic rings. The van der Waals surface area contributed by atoms with Gasteiger partial charge in [-0.25, -0.2) is 4.79 Å². The van der Waals surface area contributed by atoms with Gasteiger partial charge in [-0.05, 0) is 52.6 Å². The minimum atomic E-state index is -0.205. The van der Waals surface area contributed by atoms with Crippen molar-refractivity contribution in [2.24, 2.45) is 11.8 Å². The molecule has 0 radical (unpaired) electrons. The van der Waals surface area contributed by atoms with Crippen molar-refractivity contribution >= 4 is 16.7 Å². The van der Waals surface area contributed by atoms with Crippen LogP contribution < -0.4 is 0 Å². The lowest BCUT2D eigenvalue weighted by Crippen LogP contribution is -2.43. The van der Waals surface area contributed by atoms with Crippen molar-refractivity contribution in [2.45, 2.75) is 51.6 Å². The van der Waals surface area contributed by atoms with Gasteiger partial charge in [0.25, 0.3) is 0 Å². The van der Waals surface area contributed by atoms with Crippen LogP contribution in [0.4, 0.5) is 0 Å². The molecule has 4 rings (SSSR count). The van der Waals surface area contributed by atoms with E-state index in [2.05, 4.69) is 63.2 Å². The van der Waals surface area contributed by atoms with Gasteiger partial charge >= 0.3 is 5.97 Å². The maximum Gasteiger partial charge on any atom is 0.338 e. The van der Waals surface area contributed by atoms with E-state index < -0.39 is 0 Å². The van der Waals surface area contributed by atoms with Crippen LogP contribution >= 0.6 is 0 Å². The number of esters is 1. The molecular weight excluding hydrogens is 356 g/mol. The zero-order valence-corrected chi connectivity index (χ0v) is 17.6. The topological polar surface area (TPSA) is 26.3 Å². The van der Waals surface area contributed by atoms with Gasteiger partial charge in [0.2, 0.25) is 0 Å². The zero-order chi connectivity index (χ0) is 20.4. The number of carbonyl (C=O) groups excluding carboxylic acids is 1. The molecule has 1 aliphatic carbocycles. The second-order valence-electron chi connectivity index (χ2n) is 9.08. The van der Waals surface area contributed by atoms with Gasteiger partial charge in [0.1, 0.15) is 6.10 Å². The molecule has 0 bridgehead atoms. The molecule has 0 aliphatic heterocycles. The fraction of sp³-hybridized carbons (Fsp3) is 0.370. The molecule has 0 spiro atoms. The van der Waals surface area contributed by atoms with Gasteiger partial charge in [0.15, 0.2) is 0 Å². The third-order valence-electron chi connectivity index (χ3n) is 6.73. The number of hydrogen-bond donors (Lipinski definition) is 0. The van der Waals surface area contributed by atoms with E-state index in [4.69, 9.17) is 4.74 Å². The fourth-order valence-corrected chi connectivity index (χ4v) is 5.05. The standard InChI is InChI=1S/C27H30O2/c1-19-16-17-24(25(18-19)29-26(28)21-11-5-4-6-12-21)27(2,3)23-15-9-13-20-10-7-8-14-22(20)23/h4-15,19,24-25H,16-18H2,1-3H3/t19-,24-,25-/m1/s1. The van der Waals surface area contributed by atoms with Crippen LogP contribution in [-0.2, 0) is 10.2 Å². The fourth-order valence-electron chi connectivity index (χ4n) is 5.05. The van der Waals surface area contributed by atoms with Crippen LogP contribution in [0, 0.1) is 11.8 Å². The molecule has 1 aliphatic rings. The Morgan fingerprint density at radius 1 is 0.897 bits per heavy atom. The first-order chi connectivity index (χ1) is 14.0. The number of fused-ring (bicyclic) bond motifs is 1. The summed E-state index contributed by atoms with van der Waals surface area (Å²) in [6, 6.07) is 24.5. The molecule has 2 nitrogen and oxygen atoms in total. The Hall–Kier alpha value is -2.61. The normalized spacial score (nSPS) is 22.4. The number of rotatable bonds is 4. The molecule has 0 aromatic heterocycles. The summed E-state index contributed by atoms with van der Waals surface area (Å²) in [4.78, 5) is 12.8. The maximum atomic E-state index is 12.8. The summed E-state index contributed by atoms with van der Waals surface area (Å²) in [5, 5.41) is 2.56. The molecule has 1 saturated carbocycles. The van der Waals surface area contributed by atoms with Crippen molar-refractivity contribution in [1.29, 1.82) is 0 Å². The monoisotopic (exact) mass is 386 g/mol. The van der Waals surface area contributed by atoms with E-state index in [1.807, 2.05) is 30.3 Å². The molecule has 0 amide bonds. The Kier molecular flexibility index (Phi) is 5.45. The molecule has 0 saturated heterocycles. The largest absolute Gasteiger partial charge is 0.458 e. The lowest BCUT2D eigenvalue weighted by atomic mass is 9.64. The number of ether oxygens (including phenoxy) is 1. The first kappa shape index (κ1) is 19.7. The van der Waals surface area contributed by atoms with E-state index >= 15 is 0 Å². The second kappa shape index (κ2) is 8.02. The first-order valence-electron chi connectivity index (χ1n) is 10.7. The summed E-state index contributed by atoms with van der Waals surface area (Å²) >= 11 is 0. The Labute approximate surface area is 173 Å². The first-order valence-corrected chi connectivity index (χ1v) is 10.7. The van der Waals surface area contributed by atoms with E-state index in [-0.39, 0.29) is 23.4 Å². The van der Waals surface area contributed by atoms with Crippen molar-refractivity contribution in [3.8, 4) is 0 Å². The molecule has 150 valence electrons. The zero-order valence-electron chi connectivity index (χ0n) is 17.6. The minimum absolute atomic E-state index is 0.0691. The number of benzene rings is 3. The van der Waals surface area contributed by atoms with Gasteiger partial charge < -0.3 is 4.74 Å². The van der Waals surface area contributed by atoms with Crippen LogP contribution in [0.25, 0.3) is 10.8 Å². The van der Waals surface area contributed by atoms with Crippen LogP contribution in [0.15, 0.2) is 72.8 Å². The smallest absolute Gasteiger partial charge is 0.338 e. The summed E-state index contributed by atoms with van der Waals surface area (Å²) < 4.78 is 6.14. The van der Waals surface area contributed by atoms with E-state index in [1.54, 1.807) is 0 Å². The molecule has 3 aromatic carbocycles. The van der Waals surface area contributed by atoms with Crippen molar-refractivity contribution in [3.63, 3.8) is 0 Å². The SMILES string of the molecule is C[C@@H]1CC[C@@H](C(C)(C)c2cccc3ccccc23)[C@H](OC(=O)c2ccccc2)C1. The average molecular weight is 387 g/mol. The molecule has 1 fully saturated rings.